The van der Waals surface area contributed by atoms with E-state index in [1.165, 1.54) is 0 Å². The van der Waals surface area contributed by atoms with Gasteiger partial charge in [0.15, 0.2) is 0 Å². The number of halogens is 1. The van der Waals surface area contributed by atoms with Crippen molar-refractivity contribution in [3.63, 3.8) is 0 Å². The van der Waals surface area contributed by atoms with Crippen LogP contribution in [0.2, 0.25) is 0 Å². The van der Waals surface area contributed by atoms with Crippen molar-refractivity contribution in [1.29, 1.82) is 0 Å². The number of nitrogens with zero attached hydrogens (tertiary/aromatic N) is 3. The number of fused-ring (bicyclic) bond motifs is 1. The van der Waals surface area contributed by atoms with E-state index in [1.54, 1.807) is 11.6 Å². The Morgan fingerprint density at radius 1 is 1.73 bits per heavy atom. The van der Waals surface area contributed by atoms with E-state index in [2.05, 4.69) is 26.0 Å². The van der Waals surface area contributed by atoms with Gasteiger partial charge in [-0.25, -0.2) is 9.67 Å². The van der Waals surface area contributed by atoms with Crippen LogP contribution in [-0.4, -0.2) is 27.3 Å². The second kappa shape index (κ2) is 4.30. The number of hydrogen-bond donors (Lipinski definition) is 0. The Bertz CT molecular complexity index is 377. The summed E-state index contributed by atoms with van der Waals surface area (Å²) in [5.41, 5.74) is 0. The van der Waals surface area contributed by atoms with Crippen LogP contribution in [0.15, 0.2) is 4.73 Å². The van der Waals surface area contributed by atoms with Crippen LogP contribution in [0.1, 0.15) is 31.5 Å². The molecule has 82 valence electrons. The highest BCUT2D eigenvalue weighted by Crippen LogP contribution is 2.27. The monoisotopic (exact) mass is 273 g/mol. The van der Waals surface area contributed by atoms with Crippen molar-refractivity contribution in [3.8, 4) is 0 Å². The first-order valence-corrected chi connectivity index (χ1v) is 5.78. The fourth-order valence-corrected chi connectivity index (χ4v) is 2.16. The minimum Gasteiger partial charge on any atom is -0.465 e. The molecule has 1 atom stereocenters. The number of carbonyl (C=O) groups excluding carboxylic acids is 1. The van der Waals surface area contributed by atoms with Gasteiger partial charge in [-0.15, -0.1) is 5.10 Å². The molecule has 2 heterocycles. The van der Waals surface area contributed by atoms with Gasteiger partial charge in [-0.3, -0.25) is 4.79 Å². The third-order valence-electron chi connectivity index (χ3n) is 2.42. The summed E-state index contributed by atoms with van der Waals surface area (Å²) in [6.07, 6.45) is 1.73. The Balaban J connectivity index is 2.25. The van der Waals surface area contributed by atoms with Gasteiger partial charge in [0.2, 0.25) is 4.73 Å². The third-order valence-corrected chi connectivity index (χ3v) is 2.76. The normalized spacial score (nSPS) is 19.7. The van der Waals surface area contributed by atoms with Gasteiger partial charge in [0.1, 0.15) is 11.7 Å². The maximum absolute atomic E-state index is 11.7. The van der Waals surface area contributed by atoms with Gasteiger partial charge >= 0.3 is 5.97 Å². The second-order valence-electron chi connectivity index (χ2n) is 3.41. The quantitative estimate of drug-likeness (QED) is 0.766. The fraction of sp³-hybridized carbons (Fsp3) is 0.667. The SMILES string of the molecule is CCOC(=O)C1CCCn2nc(Br)nc21. The van der Waals surface area contributed by atoms with Gasteiger partial charge in [-0.2, -0.15) is 0 Å². The first-order valence-electron chi connectivity index (χ1n) is 4.99. The number of aromatic nitrogens is 3. The molecule has 0 radical (unpaired) electrons. The predicted octanol–water partition coefficient (Wildman–Crippen LogP) is 1.48. The molecule has 0 spiro atoms. The van der Waals surface area contributed by atoms with Crippen molar-refractivity contribution >= 4 is 21.9 Å². The van der Waals surface area contributed by atoms with Crippen LogP contribution in [0.3, 0.4) is 0 Å². The summed E-state index contributed by atoms with van der Waals surface area (Å²) in [6.45, 7) is 3.04. The summed E-state index contributed by atoms with van der Waals surface area (Å²) in [4.78, 5) is 15.9. The van der Waals surface area contributed by atoms with Crippen LogP contribution < -0.4 is 0 Å². The summed E-state index contributed by atoms with van der Waals surface area (Å²) < 4.78 is 7.32. The number of aryl methyl sites for hydroxylation is 1. The van der Waals surface area contributed by atoms with Crippen LogP contribution in [0, 0.1) is 0 Å². The van der Waals surface area contributed by atoms with Crippen LogP contribution in [0.25, 0.3) is 0 Å². The minimum absolute atomic E-state index is 0.196. The van der Waals surface area contributed by atoms with E-state index in [9.17, 15) is 4.79 Å². The molecule has 0 aromatic carbocycles. The summed E-state index contributed by atoms with van der Waals surface area (Å²) in [6, 6.07) is 0. The zero-order valence-electron chi connectivity index (χ0n) is 8.44. The fourth-order valence-electron chi connectivity index (χ4n) is 1.79. The molecular formula is C9H12BrN3O2. The molecule has 1 aliphatic heterocycles. The average molecular weight is 274 g/mol. The van der Waals surface area contributed by atoms with Gasteiger partial charge in [-0.05, 0) is 35.7 Å². The van der Waals surface area contributed by atoms with Crippen LogP contribution >= 0.6 is 15.9 Å². The lowest BCUT2D eigenvalue weighted by Crippen LogP contribution is -2.25. The molecule has 1 aliphatic rings. The van der Waals surface area contributed by atoms with Crippen molar-refractivity contribution in [1.82, 2.24) is 14.8 Å². The van der Waals surface area contributed by atoms with Crippen LogP contribution in [-0.2, 0) is 16.1 Å². The van der Waals surface area contributed by atoms with E-state index in [1.807, 2.05) is 0 Å². The Hall–Kier alpha value is -0.910. The van der Waals surface area contributed by atoms with Gasteiger partial charge in [-0.1, -0.05) is 0 Å². The molecule has 6 heteroatoms. The molecule has 0 aliphatic carbocycles. The molecule has 0 saturated heterocycles. The maximum Gasteiger partial charge on any atom is 0.316 e. The number of rotatable bonds is 2. The van der Waals surface area contributed by atoms with E-state index in [0.717, 1.165) is 19.4 Å². The highest BCUT2D eigenvalue weighted by Gasteiger charge is 2.30. The molecule has 5 nitrogen and oxygen atoms in total. The van der Waals surface area contributed by atoms with Crippen molar-refractivity contribution < 1.29 is 9.53 Å². The Morgan fingerprint density at radius 3 is 3.27 bits per heavy atom. The molecule has 1 aromatic rings. The third kappa shape index (κ3) is 2.04. The lowest BCUT2D eigenvalue weighted by atomic mass is 9.99. The zero-order valence-corrected chi connectivity index (χ0v) is 10.0. The molecule has 0 bridgehead atoms. The lowest BCUT2D eigenvalue weighted by molar-refractivity contribution is -0.145. The molecular weight excluding hydrogens is 262 g/mol. The second-order valence-corrected chi connectivity index (χ2v) is 4.12. The van der Waals surface area contributed by atoms with E-state index in [0.29, 0.717) is 17.2 Å². The molecule has 0 amide bonds. The van der Waals surface area contributed by atoms with Gasteiger partial charge < -0.3 is 4.74 Å². The molecule has 0 saturated carbocycles. The number of hydrogen-bond acceptors (Lipinski definition) is 4. The van der Waals surface area contributed by atoms with Crippen LogP contribution in [0.4, 0.5) is 0 Å². The lowest BCUT2D eigenvalue weighted by Gasteiger charge is -2.20. The maximum atomic E-state index is 11.7. The van der Waals surface area contributed by atoms with Crippen LogP contribution in [0.5, 0.6) is 0 Å². The highest BCUT2D eigenvalue weighted by molar-refractivity contribution is 9.10. The van der Waals surface area contributed by atoms with Crippen molar-refractivity contribution in [2.24, 2.45) is 0 Å². The van der Waals surface area contributed by atoms with E-state index < -0.39 is 0 Å². The molecule has 1 unspecified atom stereocenters. The first kappa shape index (κ1) is 10.6. The number of ether oxygens (including phenoxy) is 1. The van der Waals surface area contributed by atoms with Crippen molar-refractivity contribution in [2.45, 2.75) is 32.2 Å². The summed E-state index contributed by atoms with van der Waals surface area (Å²) in [7, 11) is 0. The van der Waals surface area contributed by atoms with Crippen molar-refractivity contribution in [3.05, 3.63) is 10.6 Å². The summed E-state index contributed by atoms with van der Waals surface area (Å²) in [5, 5.41) is 4.16. The Morgan fingerprint density at radius 2 is 2.53 bits per heavy atom. The molecule has 0 fully saturated rings. The van der Waals surface area contributed by atoms with E-state index in [-0.39, 0.29) is 11.9 Å². The standard InChI is InChI=1S/C9H12BrN3O2/c1-2-15-8(14)6-4-3-5-13-7(6)11-9(10)12-13/h6H,2-5H2,1H3. The largest absolute Gasteiger partial charge is 0.465 e. The minimum atomic E-state index is -0.252. The van der Waals surface area contributed by atoms with E-state index in [4.69, 9.17) is 4.74 Å². The summed E-state index contributed by atoms with van der Waals surface area (Å²) >= 11 is 3.21. The van der Waals surface area contributed by atoms with Gasteiger partial charge in [0.05, 0.1) is 6.61 Å². The highest BCUT2D eigenvalue weighted by atomic mass is 79.9. The number of carbonyl (C=O) groups is 1. The van der Waals surface area contributed by atoms with Gasteiger partial charge in [0, 0.05) is 6.54 Å². The molecule has 1 aromatic heterocycles. The molecule has 2 rings (SSSR count). The number of esters is 1. The summed E-state index contributed by atoms with van der Waals surface area (Å²) in [5.74, 6) is 0.266. The predicted molar refractivity (Wildman–Crippen MR) is 56.3 cm³/mol. The Kier molecular flexibility index (Phi) is 3.04. The molecule has 15 heavy (non-hydrogen) atoms. The molecule has 0 N–H and O–H groups in total. The first-order chi connectivity index (χ1) is 7.22. The average Bonchev–Trinajstić information content (AvgIpc) is 2.57. The van der Waals surface area contributed by atoms with Gasteiger partial charge in [0.25, 0.3) is 0 Å². The van der Waals surface area contributed by atoms with Crippen molar-refractivity contribution in [2.75, 3.05) is 6.61 Å². The van der Waals surface area contributed by atoms with E-state index >= 15 is 0 Å². The smallest absolute Gasteiger partial charge is 0.316 e. The Labute approximate surface area is 95.9 Å². The topological polar surface area (TPSA) is 57.0 Å². The zero-order chi connectivity index (χ0) is 10.8.